The summed E-state index contributed by atoms with van der Waals surface area (Å²) in [5.74, 6) is 0.919. The van der Waals surface area contributed by atoms with Crippen LogP contribution >= 0.6 is 7.37 Å². The number of hydrogen-bond donors (Lipinski definition) is 0. The summed E-state index contributed by atoms with van der Waals surface area (Å²) in [6.07, 6.45) is 0. The van der Waals surface area contributed by atoms with Gasteiger partial charge in [0.25, 0.3) is 0 Å². The fraction of sp³-hybridized carbons (Fsp3) is 0.125. The minimum Gasteiger partial charge on any atom is -0.361 e. The van der Waals surface area contributed by atoms with Crippen LogP contribution in [-0.4, -0.2) is 17.9 Å². The maximum absolute atomic E-state index is 11.9. The minimum atomic E-state index is -3.09. The Kier molecular flexibility index (Phi) is 3.15. The quantitative estimate of drug-likeness (QED) is 0.318. The van der Waals surface area contributed by atoms with Crippen molar-refractivity contribution in [3.63, 3.8) is 0 Å². The van der Waals surface area contributed by atoms with E-state index in [0.29, 0.717) is 5.30 Å². The van der Waals surface area contributed by atoms with Crippen molar-refractivity contribution in [1.82, 2.24) is 0 Å². The molecule has 0 aliphatic heterocycles. The molecule has 0 spiro atoms. The lowest BCUT2D eigenvalue weighted by Gasteiger charge is -2.05. The second kappa shape index (κ2) is 4.15. The van der Waals surface area contributed by atoms with Crippen molar-refractivity contribution in [3.8, 4) is 0 Å². The van der Waals surface area contributed by atoms with Crippen molar-refractivity contribution in [2.45, 2.75) is 0 Å². The van der Waals surface area contributed by atoms with Crippen LogP contribution in [0.1, 0.15) is 0 Å². The van der Waals surface area contributed by atoms with E-state index < -0.39 is 7.37 Å². The molecule has 4 nitrogen and oxygen atoms in total. The molecule has 0 N–H and O–H groups in total. The van der Waals surface area contributed by atoms with Gasteiger partial charge in [-0.25, -0.2) is 0 Å². The van der Waals surface area contributed by atoms with Gasteiger partial charge in [0.1, 0.15) is 0 Å². The molecule has 68 valence electrons. The lowest BCUT2D eigenvalue weighted by molar-refractivity contribution is 0.00664. The van der Waals surface area contributed by atoms with Gasteiger partial charge in [0.05, 0.1) is 0 Å². The van der Waals surface area contributed by atoms with Gasteiger partial charge in [-0.05, 0) is 12.1 Å². The lowest BCUT2D eigenvalue weighted by atomic mass is 10.4. The van der Waals surface area contributed by atoms with Gasteiger partial charge in [0.2, 0.25) is 0 Å². The van der Waals surface area contributed by atoms with E-state index in [4.69, 9.17) is 10.1 Å². The summed E-state index contributed by atoms with van der Waals surface area (Å²) in [4.78, 5) is 2.74. The van der Waals surface area contributed by atoms with Crippen molar-refractivity contribution in [2.24, 2.45) is 0 Å². The van der Waals surface area contributed by atoms with Crippen LogP contribution < -0.4 is 5.30 Å². The average molecular weight is 196 g/mol. The van der Waals surface area contributed by atoms with E-state index in [2.05, 4.69) is 4.79 Å². The van der Waals surface area contributed by atoms with E-state index in [1.165, 1.54) is 7.11 Å². The van der Waals surface area contributed by atoms with Crippen molar-refractivity contribution in [3.05, 3.63) is 35.9 Å². The van der Waals surface area contributed by atoms with Crippen LogP contribution in [0.25, 0.3) is 5.53 Å². The Morgan fingerprint density at radius 1 is 1.46 bits per heavy atom. The molecule has 13 heavy (non-hydrogen) atoms. The third-order valence-electron chi connectivity index (χ3n) is 1.59. The van der Waals surface area contributed by atoms with E-state index in [0.717, 1.165) is 5.96 Å². The summed E-state index contributed by atoms with van der Waals surface area (Å²) in [6.45, 7) is 0. The first kappa shape index (κ1) is 9.87. The van der Waals surface area contributed by atoms with Gasteiger partial charge in [-0.1, -0.05) is 18.2 Å². The Hall–Kier alpha value is -1.21. The molecule has 0 saturated carbocycles. The lowest BCUT2D eigenvalue weighted by Crippen LogP contribution is -2.06. The van der Waals surface area contributed by atoms with Crippen molar-refractivity contribution in [2.75, 3.05) is 7.11 Å². The van der Waals surface area contributed by atoms with Crippen molar-refractivity contribution >= 4 is 18.6 Å². The molecular formula is C8H9N2O2P. The highest BCUT2D eigenvalue weighted by molar-refractivity contribution is 7.80. The minimum absolute atomic E-state index is 0.510. The average Bonchev–Trinajstić information content (AvgIpc) is 2.19. The zero-order valence-electron chi connectivity index (χ0n) is 7.12. The summed E-state index contributed by atoms with van der Waals surface area (Å²) in [5, 5.41) is 0.510. The van der Waals surface area contributed by atoms with Gasteiger partial charge in [0.15, 0.2) is 0 Å². The predicted octanol–water partition coefficient (Wildman–Crippen LogP) is 1.49. The number of hydrogen-bond acceptors (Lipinski definition) is 2. The number of nitrogens with zero attached hydrogens (tertiary/aromatic N) is 2. The SMILES string of the molecule is COP(=O)(C=[N+]=[N-])c1ccccc1. The van der Waals surface area contributed by atoms with E-state index in [9.17, 15) is 4.57 Å². The third kappa shape index (κ3) is 2.13. The molecule has 1 rings (SSSR count). The summed E-state index contributed by atoms with van der Waals surface area (Å²) in [5.41, 5.74) is 8.31. The second-order valence-electron chi connectivity index (χ2n) is 2.35. The highest BCUT2D eigenvalue weighted by Crippen LogP contribution is 2.40. The van der Waals surface area contributed by atoms with Gasteiger partial charge in [0, 0.05) is 12.4 Å². The molecule has 0 aliphatic carbocycles. The third-order valence-corrected chi connectivity index (χ3v) is 3.56. The Balaban J connectivity index is 3.18. The molecule has 0 bridgehead atoms. The standard InChI is InChI=1S/C8H9N2O2P/c1-12-13(11,7-10-9)8-5-3-2-4-6-8/h2-7H,1H3. The zero-order chi connectivity index (χ0) is 9.73. The Labute approximate surface area is 76.2 Å². The molecule has 1 aromatic carbocycles. The predicted molar refractivity (Wildman–Crippen MR) is 50.4 cm³/mol. The molecule has 0 saturated heterocycles. The largest absolute Gasteiger partial charge is 0.361 e. The molecule has 1 atom stereocenters. The first-order chi connectivity index (χ1) is 6.23. The van der Waals surface area contributed by atoms with E-state index >= 15 is 0 Å². The van der Waals surface area contributed by atoms with E-state index in [1.807, 2.05) is 0 Å². The van der Waals surface area contributed by atoms with E-state index in [1.54, 1.807) is 30.3 Å². The summed E-state index contributed by atoms with van der Waals surface area (Å²) < 4.78 is 16.7. The fourth-order valence-corrected chi connectivity index (χ4v) is 2.09. The molecule has 1 unspecified atom stereocenters. The Bertz CT molecular complexity index is 371. The second-order valence-corrected chi connectivity index (χ2v) is 4.65. The molecule has 0 heterocycles. The van der Waals surface area contributed by atoms with Crippen LogP contribution in [0.5, 0.6) is 0 Å². The van der Waals surface area contributed by atoms with Crippen LogP contribution in [0, 0.1) is 0 Å². The van der Waals surface area contributed by atoms with Gasteiger partial charge >= 0.3 is 13.3 Å². The van der Waals surface area contributed by atoms with Crippen LogP contribution in [0.4, 0.5) is 0 Å². The fourth-order valence-electron chi connectivity index (χ4n) is 0.923. The smallest absolute Gasteiger partial charge is 0.344 e. The van der Waals surface area contributed by atoms with Crippen LogP contribution in [0.3, 0.4) is 0 Å². The van der Waals surface area contributed by atoms with Gasteiger partial charge in [-0.2, -0.15) is 4.79 Å². The summed E-state index contributed by atoms with van der Waals surface area (Å²) in [6, 6.07) is 8.61. The highest BCUT2D eigenvalue weighted by Gasteiger charge is 2.26. The van der Waals surface area contributed by atoms with Gasteiger partial charge in [-0.3, -0.25) is 4.57 Å². The number of rotatable bonds is 3. The topological polar surface area (TPSA) is 62.7 Å². The van der Waals surface area contributed by atoms with Gasteiger partial charge in [-0.15, -0.1) is 0 Å². The van der Waals surface area contributed by atoms with Crippen LogP contribution in [0.15, 0.2) is 30.3 Å². The van der Waals surface area contributed by atoms with E-state index in [-0.39, 0.29) is 0 Å². The first-order valence-corrected chi connectivity index (χ1v) is 5.32. The zero-order valence-corrected chi connectivity index (χ0v) is 8.02. The monoisotopic (exact) mass is 196 g/mol. The summed E-state index contributed by atoms with van der Waals surface area (Å²) in [7, 11) is -1.78. The molecule has 5 heteroatoms. The molecule has 0 fully saturated rings. The number of benzene rings is 1. The molecule has 0 aliphatic rings. The van der Waals surface area contributed by atoms with Crippen molar-refractivity contribution < 1.29 is 13.9 Å². The van der Waals surface area contributed by atoms with Crippen LogP contribution in [-0.2, 0) is 9.09 Å². The normalized spacial score (nSPS) is 14.2. The molecule has 0 aromatic heterocycles. The van der Waals surface area contributed by atoms with Crippen LogP contribution in [0.2, 0.25) is 0 Å². The maximum Gasteiger partial charge on any atom is 0.344 e. The molecular weight excluding hydrogens is 187 g/mol. The molecule has 0 radical (unpaired) electrons. The van der Waals surface area contributed by atoms with Gasteiger partial charge < -0.3 is 10.1 Å². The maximum atomic E-state index is 11.9. The Morgan fingerprint density at radius 3 is 2.54 bits per heavy atom. The van der Waals surface area contributed by atoms with Crippen molar-refractivity contribution in [1.29, 1.82) is 0 Å². The summed E-state index contributed by atoms with van der Waals surface area (Å²) >= 11 is 0. The molecule has 0 amide bonds. The Morgan fingerprint density at radius 2 is 2.08 bits per heavy atom. The highest BCUT2D eigenvalue weighted by atomic mass is 31.2. The first-order valence-electron chi connectivity index (χ1n) is 3.62. The molecule has 1 aromatic rings.